The van der Waals surface area contributed by atoms with Gasteiger partial charge in [-0.25, -0.2) is 9.67 Å². The maximum atomic E-state index is 13.0. The molecule has 170 valence electrons. The zero-order valence-electron chi connectivity index (χ0n) is 19.3. The molecule has 0 atom stereocenters. The number of amides is 1. The van der Waals surface area contributed by atoms with Gasteiger partial charge in [-0.2, -0.15) is 5.10 Å². The van der Waals surface area contributed by atoms with Crippen molar-refractivity contribution in [2.75, 3.05) is 10.6 Å². The van der Waals surface area contributed by atoms with Crippen LogP contribution in [0, 0.1) is 6.92 Å². The van der Waals surface area contributed by atoms with Crippen molar-refractivity contribution in [3.63, 3.8) is 0 Å². The molecule has 0 aliphatic rings. The Kier molecular flexibility index (Phi) is 6.00. The molecule has 8 nitrogen and oxygen atoms in total. The van der Waals surface area contributed by atoms with E-state index in [0.29, 0.717) is 22.5 Å². The number of nitrogens with one attached hydrogen (secondary N) is 2. The molecule has 0 saturated heterocycles. The van der Waals surface area contributed by atoms with Gasteiger partial charge in [0.2, 0.25) is 5.91 Å². The molecule has 8 heteroatoms. The topological polar surface area (TPSA) is 93.8 Å². The van der Waals surface area contributed by atoms with Gasteiger partial charge in [-0.1, -0.05) is 18.2 Å². The minimum atomic E-state index is -0.286. The maximum Gasteiger partial charge on any atom is 0.264 e. The number of aromatic nitrogens is 4. The first-order chi connectivity index (χ1) is 15.7. The largest absolute Gasteiger partial charge is 0.356 e. The lowest BCUT2D eigenvalue weighted by Gasteiger charge is -2.20. The quantitative estimate of drug-likeness (QED) is 0.459. The first-order valence-corrected chi connectivity index (χ1v) is 10.9. The fraction of sp³-hybridized carbons (Fsp3) is 0.280. The van der Waals surface area contributed by atoms with E-state index in [2.05, 4.69) is 20.7 Å². The van der Waals surface area contributed by atoms with Gasteiger partial charge >= 0.3 is 0 Å². The smallest absolute Gasteiger partial charge is 0.264 e. The molecule has 33 heavy (non-hydrogen) atoms. The van der Waals surface area contributed by atoms with E-state index < -0.39 is 0 Å². The Labute approximate surface area is 192 Å². The van der Waals surface area contributed by atoms with E-state index in [1.165, 1.54) is 4.57 Å². The van der Waals surface area contributed by atoms with Crippen LogP contribution in [0.2, 0.25) is 0 Å². The molecule has 4 rings (SSSR count). The molecular weight excluding hydrogens is 416 g/mol. The Morgan fingerprint density at radius 1 is 0.970 bits per heavy atom. The second-order valence-electron chi connectivity index (χ2n) is 8.95. The molecule has 0 unspecified atom stereocenters. The lowest BCUT2D eigenvalue weighted by Crippen LogP contribution is -2.28. The van der Waals surface area contributed by atoms with E-state index in [9.17, 15) is 9.59 Å². The molecule has 2 aromatic carbocycles. The van der Waals surface area contributed by atoms with Crippen LogP contribution in [0.1, 0.15) is 33.0 Å². The average molecular weight is 445 g/mol. The number of hydrogen-bond donors (Lipinski definition) is 2. The van der Waals surface area contributed by atoms with Gasteiger partial charge < -0.3 is 10.6 Å². The van der Waals surface area contributed by atoms with Gasteiger partial charge in [-0.05, 0) is 64.1 Å². The predicted octanol–water partition coefficient (Wildman–Crippen LogP) is 4.43. The summed E-state index contributed by atoms with van der Waals surface area (Å²) in [6.07, 6.45) is 1.71. The van der Waals surface area contributed by atoms with Gasteiger partial charge in [0.15, 0.2) is 5.65 Å². The van der Waals surface area contributed by atoms with Crippen LogP contribution in [-0.4, -0.2) is 25.2 Å². The van der Waals surface area contributed by atoms with Gasteiger partial charge in [0.05, 0.1) is 11.7 Å². The van der Waals surface area contributed by atoms with Crippen LogP contribution in [0.4, 0.5) is 17.1 Å². The fourth-order valence-electron chi connectivity index (χ4n) is 3.62. The molecule has 2 aromatic heterocycles. The van der Waals surface area contributed by atoms with Crippen LogP contribution in [-0.2, 0) is 16.9 Å². The third-order valence-corrected chi connectivity index (χ3v) is 5.31. The summed E-state index contributed by atoms with van der Waals surface area (Å²) in [4.78, 5) is 30.1. The molecule has 0 saturated carbocycles. The molecule has 0 aliphatic carbocycles. The van der Waals surface area contributed by atoms with E-state index >= 15 is 0 Å². The van der Waals surface area contributed by atoms with E-state index in [4.69, 9.17) is 0 Å². The SMILES string of the molecule is Cc1nc2c(cnn2C(C)(C)C)c(=O)n1CCC(=O)Nc1ccc(Nc2ccccc2)cc1. The number of fused-ring (bicyclic) bond motifs is 1. The van der Waals surface area contributed by atoms with Crippen LogP contribution in [0.3, 0.4) is 0 Å². The molecule has 0 radical (unpaired) electrons. The normalized spacial score (nSPS) is 11.5. The number of benzene rings is 2. The van der Waals surface area contributed by atoms with Crippen molar-refractivity contribution in [2.45, 2.75) is 46.2 Å². The van der Waals surface area contributed by atoms with Crippen molar-refractivity contribution in [1.82, 2.24) is 19.3 Å². The minimum absolute atomic E-state index is 0.158. The first-order valence-electron chi connectivity index (χ1n) is 10.9. The van der Waals surface area contributed by atoms with Crippen molar-refractivity contribution in [3.05, 3.63) is 77.0 Å². The molecule has 4 aromatic rings. The van der Waals surface area contributed by atoms with Crippen molar-refractivity contribution in [3.8, 4) is 0 Å². The lowest BCUT2D eigenvalue weighted by molar-refractivity contribution is -0.116. The second-order valence-corrected chi connectivity index (χ2v) is 8.95. The number of hydrogen-bond acceptors (Lipinski definition) is 5. The highest BCUT2D eigenvalue weighted by Gasteiger charge is 2.21. The number of aryl methyl sites for hydroxylation is 1. The number of nitrogens with zero attached hydrogens (tertiary/aromatic N) is 4. The monoisotopic (exact) mass is 444 g/mol. The van der Waals surface area contributed by atoms with Gasteiger partial charge in [0, 0.05) is 30.0 Å². The zero-order chi connectivity index (χ0) is 23.6. The fourth-order valence-corrected chi connectivity index (χ4v) is 3.62. The highest BCUT2D eigenvalue weighted by atomic mass is 16.2. The Morgan fingerprint density at radius 2 is 1.61 bits per heavy atom. The van der Waals surface area contributed by atoms with Gasteiger partial charge in [0.1, 0.15) is 11.2 Å². The van der Waals surface area contributed by atoms with E-state index in [1.54, 1.807) is 17.8 Å². The van der Waals surface area contributed by atoms with Crippen LogP contribution in [0.5, 0.6) is 0 Å². The third kappa shape index (κ3) is 4.95. The number of carbonyl (C=O) groups excluding carboxylic acids is 1. The molecule has 0 fully saturated rings. The Morgan fingerprint density at radius 3 is 2.27 bits per heavy atom. The van der Waals surface area contributed by atoms with Gasteiger partial charge in [-0.3, -0.25) is 14.2 Å². The van der Waals surface area contributed by atoms with Gasteiger partial charge in [0.25, 0.3) is 5.56 Å². The number of carbonyl (C=O) groups is 1. The molecule has 2 heterocycles. The number of rotatable bonds is 6. The molecule has 0 bridgehead atoms. The minimum Gasteiger partial charge on any atom is -0.356 e. The van der Waals surface area contributed by atoms with Crippen molar-refractivity contribution < 1.29 is 4.79 Å². The van der Waals surface area contributed by atoms with Gasteiger partial charge in [-0.15, -0.1) is 0 Å². The van der Waals surface area contributed by atoms with E-state index in [-0.39, 0.29) is 30.0 Å². The standard InChI is InChI=1S/C25H28N6O2/c1-17-27-23-21(16-26-31(23)25(2,3)4)24(33)30(17)15-14-22(32)29-20-12-10-19(11-13-20)28-18-8-6-5-7-9-18/h5-13,16,28H,14-15H2,1-4H3,(H,29,32). The first kappa shape index (κ1) is 22.3. The Hall–Kier alpha value is -3.94. The third-order valence-electron chi connectivity index (χ3n) is 5.31. The van der Waals surface area contributed by atoms with E-state index in [0.717, 1.165) is 11.4 Å². The summed E-state index contributed by atoms with van der Waals surface area (Å²) in [5, 5.41) is 11.0. The van der Waals surface area contributed by atoms with Crippen LogP contribution < -0.4 is 16.2 Å². The Balaban J connectivity index is 1.41. The maximum absolute atomic E-state index is 13.0. The van der Waals surface area contributed by atoms with E-state index in [1.807, 2.05) is 75.4 Å². The molecular formula is C25H28N6O2. The van der Waals surface area contributed by atoms with Crippen LogP contribution in [0.25, 0.3) is 11.0 Å². The second kappa shape index (κ2) is 8.90. The lowest BCUT2D eigenvalue weighted by atomic mass is 10.1. The predicted molar refractivity (Wildman–Crippen MR) is 131 cm³/mol. The molecule has 0 aliphatic heterocycles. The van der Waals surface area contributed by atoms with Crippen molar-refractivity contribution in [2.24, 2.45) is 0 Å². The van der Waals surface area contributed by atoms with Crippen molar-refractivity contribution in [1.29, 1.82) is 0 Å². The summed E-state index contributed by atoms with van der Waals surface area (Å²) in [5.41, 5.74) is 2.71. The molecule has 0 spiro atoms. The van der Waals surface area contributed by atoms with Crippen LogP contribution in [0.15, 0.2) is 65.6 Å². The zero-order valence-corrected chi connectivity index (χ0v) is 19.3. The van der Waals surface area contributed by atoms with Crippen molar-refractivity contribution >= 4 is 34.0 Å². The summed E-state index contributed by atoms with van der Waals surface area (Å²) in [5.74, 6) is 0.387. The summed E-state index contributed by atoms with van der Waals surface area (Å²) in [7, 11) is 0. The molecule has 2 N–H and O–H groups in total. The summed E-state index contributed by atoms with van der Waals surface area (Å²) >= 11 is 0. The number of anilines is 3. The van der Waals surface area contributed by atoms with Crippen LogP contribution >= 0.6 is 0 Å². The molecule has 1 amide bonds. The Bertz CT molecular complexity index is 1330. The summed E-state index contributed by atoms with van der Waals surface area (Å²) in [6, 6.07) is 17.4. The summed E-state index contributed by atoms with van der Waals surface area (Å²) in [6.45, 7) is 8.05. The highest BCUT2D eigenvalue weighted by molar-refractivity contribution is 5.90. The average Bonchev–Trinajstić information content (AvgIpc) is 3.20. The summed E-state index contributed by atoms with van der Waals surface area (Å²) < 4.78 is 3.29. The highest BCUT2D eigenvalue weighted by Crippen LogP contribution is 2.20. The number of para-hydroxylation sites is 1.